The molecular formula is C19H21N3O4. The lowest BCUT2D eigenvalue weighted by Gasteiger charge is -2.32. The Balaban J connectivity index is 1.36. The van der Waals surface area contributed by atoms with Gasteiger partial charge in [-0.1, -0.05) is 0 Å². The van der Waals surface area contributed by atoms with E-state index in [-0.39, 0.29) is 18.8 Å². The molecule has 1 amide bonds. The highest BCUT2D eigenvalue weighted by Gasteiger charge is 2.26. The number of aromatic nitrogens is 2. The van der Waals surface area contributed by atoms with Crippen molar-refractivity contribution < 1.29 is 19.0 Å². The van der Waals surface area contributed by atoms with Crippen molar-refractivity contribution in [1.29, 1.82) is 0 Å². The fourth-order valence-electron chi connectivity index (χ4n) is 3.30. The number of hydrogen-bond acceptors (Lipinski definition) is 6. The van der Waals surface area contributed by atoms with Crippen LogP contribution in [0.15, 0.2) is 24.3 Å². The molecule has 2 aromatic rings. The zero-order valence-corrected chi connectivity index (χ0v) is 14.9. The summed E-state index contributed by atoms with van der Waals surface area (Å²) in [6, 6.07) is 7.16. The van der Waals surface area contributed by atoms with Crippen molar-refractivity contribution in [2.24, 2.45) is 0 Å². The van der Waals surface area contributed by atoms with E-state index in [4.69, 9.17) is 14.2 Å². The van der Waals surface area contributed by atoms with Crippen LogP contribution in [0.25, 0.3) is 0 Å². The molecule has 1 aromatic heterocycles. The second kappa shape index (κ2) is 6.82. The molecule has 7 nitrogen and oxygen atoms in total. The van der Waals surface area contributed by atoms with Crippen molar-refractivity contribution in [3.63, 3.8) is 0 Å². The predicted molar refractivity (Wildman–Crippen MR) is 93.6 cm³/mol. The van der Waals surface area contributed by atoms with Gasteiger partial charge in [0.2, 0.25) is 12.7 Å². The normalized spacial score (nSPS) is 16.6. The van der Waals surface area contributed by atoms with E-state index in [1.165, 1.54) is 0 Å². The molecule has 2 aliphatic rings. The predicted octanol–water partition coefficient (Wildman–Crippen LogP) is 2.51. The SMILES string of the molecule is Cc1cc(OC2CCN(C(=O)c3ccc4c(c3)OCO4)CC2)nc(C)n1. The number of hydrogen-bond donors (Lipinski definition) is 0. The topological polar surface area (TPSA) is 73.8 Å². The molecule has 0 radical (unpaired) electrons. The van der Waals surface area contributed by atoms with Crippen molar-refractivity contribution >= 4 is 5.91 Å². The zero-order valence-electron chi connectivity index (χ0n) is 14.9. The first-order chi connectivity index (χ1) is 12.6. The Bertz CT molecular complexity index is 811. The van der Waals surface area contributed by atoms with E-state index in [0.717, 1.165) is 18.5 Å². The van der Waals surface area contributed by atoms with Crippen molar-refractivity contribution in [2.75, 3.05) is 19.9 Å². The molecule has 0 saturated carbocycles. The highest BCUT2D eigenvalue weighted by atomic mass is 16.7. The van der Waals surface area contributed by atoms with Gasteiger partial charge >= 0.3 is 0 Å². The van der Waals surface area contributed by atoms with E-state index < -0.39 is 0 Å². The molecule has 0 unspecified atom stereocenters. The zero-order chi connectivity index (χ0) is 18.1. The molecule has 1 saturated heterocycles. The summed E-state index contributed by atoms with van der Waals surface area (Å²) in [4.78, 5) is 23.2. The summed E-state index contributed by atoms with van der Waals surface area (Å²) in [5.41, 5.74) is 1.51. The standard InChI is InChI=1S/C19H21N3O4/c1-12-9-18(21-13(2)20-12)26-15-5-7-22(8-6-15)19(23)14-3-4-16-17(10-14)25-11-24-16/h3-4,9-10,15H,5-8,11H2,1-2H3. The van der Waals surface area contributed by atoms with Crippen LogP contribution in [0.4, 0.5) is 0 Å². The van der Waals surface area contributed by atoms with Gasteiger partial charge in [-0.15, -0.1) is 0 Å². The van der Waals surface area contributed by atoms with E-state index >= 15 is 0 Å². The summed E-state index contributed by atoms with van der Waals surface area (Å²) in [6.45, 7) is 5.29. The van der Waals surface area contributed by atoms with E-state index in [2.05, 4.69) is 9.97 Å². The monoisotopic (exact) mass is 355 g/mol. The fourth-order valence-corrected chi connectivity index (χ4v) is 3.30. The molecular weight excluding hydrogens is 334 g/mol. The maximum Gasteiger partial charge on any atom is 0.253 e. The first-order valence-electron chi connectivity index (χ1n) is 8.76. The average Bonchev–Trinajstić information content (AvgIpc) is 3.08. The average molecular weight is 355 g/mol. The number of aryl methyl sites for hydroxylation is 2. The van der Waals surface area contributed by atoms with Gasteiger partial charge < -0.3 is 19.1 Å². The lowest BCUT2D eigenvalue weighted by Crippen LogP contribution is -2.41. The largest absolute Gasteiger partial charge is 0.474 e. The molecule has 4 rings (SSSR count). The van der Waals surface area contributed by atoms with Crippen molar-refractivity contribution in [3.8, 4) is 17.4 Å². The number of carbonyl (C=O) groups excluding carboxylic acids is 1. The number of likely N-dealkylation sites (tertiary alicyclic amines) is 1. The van der Waals surface area contributed by atoms with Gasteiger partial charge in [0, 0.05) is 43.3 Å². The van der Waals surface area contributed by atoms with Crippen LogP contribution in [0.1, 0.15) is 34.7 Å². The van der Waals surface area contributed by atoms with Crippen molar-refractivity contribution in [3.05, 3.63) is 41.3 Å². The first-order valence-corrected chi connectivity index (χ1v) is 8.76. The number of carbonyl (C=O) groups is 1. The number of amides is 1. The maximum absolute atomic E-state index is 12.7. The molecule has 0 aliphatic carbocycles. The third-order valence-corrected chi connectivity index (χ3v) is 4.58. The molecule has 0 spiro atoms. The van der Waals surface area contributed by atoms with Crippen molar-refractivity contribution in [1.82, 2.24) is 14.9 Å². The third kappa shape index (κ3) is 3.42. The van der Waals surface area contributed by atoms with Gasteiger partial charge in [0.15, 0.2) is 11.5 Å². The van der Waals surface area contributed by atoms with Gasteiger partial charge in [0.1, 0.15) is 11.9 Å². The second-order valence-electron chi connectivity index (χ2n) is 6.57. The Morgan fingerprint density at radius 3 is 2.65 bits per heavy atom. The number of fused-ring (bicyclic) bond motifs is 1. The van der Waals surface area contributed by atoms with Crippen LogP contribution in [0.2, 0.25) is 0 Å². The Morgan fingerprint density at radius 1 is 1.12 bits per heavy atom. The van der Waals surface area contributed by atoms with Gasteiger partial charge in [-0.05, 0) is 32.0 Å². The highest BCUT2D eigenvalue weighted by molar-refractivity contribution is 5.95. The maximum atomic E-state index is 12.7. The van der Waals surface area contributed by atoms with Crippen LogP contribution in [-0.2, 0) is 0 Å². The summed E-state index contributed by atoms with van der Waals surface area (Å²) < 4.78 is 16.6. The highest BCUT2D eigenvalue weighted by Crippen LogP contribution is 2.33. The summed E-state index contributed by atoms with van der Waals surface area (Å²) in [5.74, 6) is 2.63. The van der Waals surface area contributed by atoms with Gasteiger partial charge in [-0.2, -0.15) is 4.98 Å². The summed E-state index contributed by atoms with van der Waals surface area (Å²) in [6.07, 6.45) is 1.61. The molecule has 0 atom stereocenters. The second-order valence-corrected chi connectivity index (χ2v) is 6.57. The number of nitrogens with zero attached hydrogens (tertiary/aromatic N) is 3. The summed E-state index contributed by atoms with van der Waals surface area (Å²) in [5, 5.41) is 0. The van der Waals surface area contributed by atoms with Crippen LogP contribution in [-0.4, -0.2) is 46.8 Å². The van der Waals surface area contributed by atoms with Crippen LogP contribution in [0, 0.1) is 13.8 Å². The quantitative estimate of drug-likeness (QED) is 0.842. The number of piperidine rings is 1. The summed E-state index contributed by atoms with van der Waals surface area (Å²) >= 11 is 0. The first kappa shape index (κ1) is 16.6. The van der Waals surface area contributed by atoms with Crippen molar-refractivity contribution in [2.45, 2.75) is 32.8 Å². The molecule has 26 heavy (non-hydrogen) atoms. The van der Waals surface area contributed by atoms with E-state index in [9.17, 15) is 4.79 Å². The van der Waals surface area contributed by atoms with Gasteiger partial charge in [-0.25, -0.2) is 4.98 Å². The molecule has 3 heterocycles. The van der Waals surface area contributed by atoms with Gasteiger partial charge in [0.05, 0.1) is 0 Å². The minimum Gasteiger partial charge on any atom is -0.474 e. The smallest absolute Gasteiger partial charge is 0.253 e. The molecule has 0 N–H and O–H groups in total. The molecule has 0 bridgehead atoms. The van der Waals surface area contributed by atoms with Crippen LogP contribution >= 0.6 is 0 Å². The van der Waals surface area contributed by atoms with Crippen LogP contribution in [0.5, 0.6) is 17.4 Å². The van der Waals surface area contributed by atoms with Gasteiger partial charge in [-0.3, -0.25) is 4.79 Å². The van der Waals surface area contributed by atoms with E-state index in [1.807, 2.05) is 24.8 Å². The van der Waals surface area contributed by atoms with Crippen LogP contribution < -0.4 is 14.2 Å². The molecule has 2 aliphatic heterocycles. The lowest BCUT2D eigenvalue weighted by molar-refractivity contribution is 0.0587. The van der Waals surface area contributed by atoms with E-state index in [1.54, 1.807) is 18.2 Å². The summed E-state index contributed by atoms with van der Waals surface area (Å²) in [7, 11) is 0. The number of ether oxygens (including phenoxy) is 3. The minimum absolute atomic E-state index is 0.00970. The fraction of sp³-hybridized carbons (Fsp3) is 0.421. The lowest BCUT2D eigenvalue weighted by atomic mass is 10.1. The minimum atomic E-state index is 0.00970. The molecule has 7 heteroatoms. The molecule has 1 aromatic carbocycles. The van der Waals surface area contributed by atoms with Gasteiger partial charge in [0.25, 0.3) is 5.91 Å². The Hall–Kier alpha value is -2.83. The number of benzene rings is 1. The van der Waals surface area contributed by atoms with E-state index in [0.29, 0.717) is 41.9 Å². The molecule has 136 valence electrons. The Kier molecular flexibility index (Phi) is 4.36. The Labute approximate surface area is 151 Å². The number of rotatable bonds is 3. The molecule has 1 fully saturated rings. The Morgan fingerprint density at radius 2 is 1.88 bits per heavy atom. The third-order valence-electron chi connectivity index (χ3n) is 4.58. The van der Waals surface area contributed by atoms with Crippen LogP contribution in [0.3, 0.4) is 0 Å².